The van der Waals surface area contributed by atoms with Gasteiger partial charge in [0.1, 0.15) is 22.1 Å². The lowest BCUT2D eigenvalue weighted by atomic mass is 10.1. The van der Waals surface area contributed by atoms with E-state index in [1.165, 1.54) is 36.4 Å². The average Bonchev–Trinajstić information content (AvgIpc) is 3.10. The molecule has 4 aromatic rings. The highest BCUT2D eigenvalue weighted by Gasteiger charge is 2.33. The number of aromatic carboxylic acids is 1. The molecule has 0 aliphatic heterocycles. The van der Waals surface area contributed by atoms with Crippen molar-refractivity contribution < 1.29 is 62.4 Å². The first-order valence-electron chi connectivity index (χ1n) is 14.7. The van der Waals surface area contributed by atoms with E-state index in [-0.39, 0.29) is 23.1 Å². The van der Waals surface area contributed by atoms with Gasteiger partial charge in [0.2, 0.25) is 17.6 Å². The fourth-order valence-electron chi connectivity index (χ4n) is 4.37. The van der Waals surface area contributed by atoms with E-state index in [1.54, 1.807) is 12.1 Å². The molecule has 1 aromatic heterocycles. The number of azo groups is 1. The van der Waals surface area contributed by atoms with Crippen molar-refractivity contribution in [3.63, 3.8) is 0 Å². The van der Waals surface area contributed by atoms with E-state index in [9.17, 15) is 62.4 Å². The molecule has 0 fully saturated rings. The number of Topliss-reactive ketones (excluding diaryl/α,β-unsaturated/α-hetero) is 1. The van der Waals surface area contributed by atoms with Crippen molar-refractivity contribution in [2.45, 2.75) is 4.90 Å². The fraction of sp³-hybridized carbons (Fsp3) is 0. The van der Waals surface area contributed by atoms with Gasteiger partial charge in [-0.15, -0.1) is 20.4 Å². The van der Waals surface area contributed by atoms with Gasteiger partial charge in [0, 0.05) is 17.3 Å². The van der Waals surface area contributed by atoms with Crippen LogP contribution in [0.3, 0.4) is 0 Å². The third-order valence-corrected chi connectivity index (χ3v) is 9.42. The van der Waals surface area contributed by atoms with Crippen molar-refractivity contribution in [3.05, 3.63) is 118 Å². The van der Waals surface area contributed by atoms with Crippen molar-refractivity contribution in [1.29, 1.82) is 0 Å². The lowest BCUT2D eigenvalue weighted by Crippen LogP contribution is -2.25. The van der Waals surface area contributed by atoms with Gasteiger partial charge < -0.3 is 21.3 Å². The highest BCUT2D eigenvalue weighted by Crippen LogP contribution is 2.26. The Morgan fingerprint density at radius 2 is 1.43 bits per heavy atom. The SMILES string of the molecule is O=C1C(S(=O)(=O)O)=CC(S(=O)(=O)O)=C/C1=N/N=C(\N=Nc1cc(S(=O)(=O)O)ccc1C(=O)O)c1cccc(NNc2ccc(Nc3cc(F)nc(F)n3)cc2)c1. The Bertz CT molecular complexity index is 2760. The molecule has 0 saturated heterocycles. The van der Waals surface area contributed by atoms with Crippen molar-refractivity contribution >= 4 is 82.2 Å². The molecule has 1 aliphatic carbocycles. The number of rotatable bonds is 12. The molecule has 26 heteroatoms. The van der Waals surface area contributed by atoms with Crippen molar-refractivity contribution in [1.82, 2.24) is 9.97 Å². The summed E-state index contributed by atoms with van der Waals surface area (Å²) in [4.78, 5) is 27.6. The number of carboxylic acid groups (broad SMARTS) is 1. The van der Waals surface area contributed by atoms with Crippen LogP contribution < -0.4 is 16.2 Å². The average molecular weight is 834 g/mol. The Balaban J connectivity index is 1.51. The quantitative estimate of drug-likeness (QED) is 0.0155. The van der Waals surface area contributed by atoms with E-state index >= 15 is 0 Å². The molecule has 1 aliphatic rings. The summed E-state index contributed by atoms with van der Waals surface area (Å²) in [6, 6.07) is 14.9. The number of amidine groups is 1. The second kappa shape index (κ2) is 15.9. The van der Waals surface area contributed by atoms with E-state index in [4.69, 9.17) is 0 Å². The van der Waals surface area contributed by atoms with Crippen LogP contribution >= 0.6 is 0 Å². The van der Waals surface area contributed by atoms with Crippen molar-refractivity contribution in [2.24, 2.45) is 20.4 Å². The second-order valence-corrected chi connectivity index (χ2v) is 15.0. The van der Waals surface area contributed by atoms with Gasteiger partial charge in [-0.3, -0.25) is 18.5 Å². The zero-order valence-electron chi connectivity index (χ0n) is 27.3. The summed E-state index contributed by atoms with van der Waals surface area (Å²) >= 11 is 0. The van der Waals surface area contributed by atoms with Gasteiger partial charge in [0.15, 0.2) is 0 Å². The number of ketones is 1. The van der Waals surface area contributed by atoms with Crippen LogP contribution in [-0.4, -0.2) is 77.3 Å². The first-order chi connectivity index (χ1) is 26.2. The predicted molar refractivity (Wildman–Crippen MR) is 191 cm³/mol. The van der Waals surface area contributed by atoms with E-state index in [2.05, 4.69) is 46.6 Å². The number of anilines is 4. The standard InChI is InChI=1S/C30H21F2N9O12S3/c31-25-14-26(35-30(32)34-25)33-16-4-6-17(7-5-16)36-37-18-3-1-2-15(10-18)28(40-38-22-11-19(54(45,46)47)8-9-21(22)29(43)44)41-39-23-12-20(55(48,49)50)13-24(27(23)42)56(51,52)53/h1-14,36-37H,(H,43,44)(H,33,34,35)(H,45,46,47)(H,48,49,50)(H,51,52,53)/b39-23-,40-38?,41-28-. The van der Waals surface area contributed by atoms with E-state index in [0.717, 1.165) is 18.2 Å². The molecule has 0 atom stereocenters. The van der Waals surface area contributed by atoms with Crippen LogP contribution in [-0.2, 0) is 35.1 Å². The Hall–Kier alpha value is -6.71. The molecule has 0 saturated carbocycles. The highest BCUT2D eigenvalue weighted by molar-refractivity contribution is 7.92. The first-order valence-corrected chi connectivity index (χ1v) is 19.0. The number of nitrogens with zero attached hydrogens (tertiary/aromatic N) is 6. The van der Waals surface area contributed by atoms with Crippen LogP contribution in [0.1, 0.15) is 15.9 Å². The number of allylic oxidation sites excluding steroid dienone is 3. The number of hydrogen-bond acceptors (Lipinski definition) is 16. The number of carbonyl (C=O) groups is 2. The van der Waals surface area contributed by atoms with Crippen LogP contribution in [0.4, 0.5) is 37.3 Å². The normalized spacial score (nSPS) is 14.7. The second-order valence-electron chi connectivity index (χ2n) is 10.8. The zero-order valence-corrected chi connectivity index (χ0v) is 29.8. The molecule has 56 heavy (non-hydrogen) atoms. The van der Waals surface area contributed by atoms with Crippen molar-refractivity contribution in [2.75, 3.05) is 16.2 Å². The molecule has 0 spiro atoms. The summed E-state index contributed by atoms with van der Waals surface area (Å²) in [6.07, 6.45) is -0.668. The summed E-state index contributed by atoms with van der Waals surface area (Å²) in [5.41, 5.74) is 4.46. The molecular weight excluding hydrogens is 813 g/mol. The molecule has 0 unspecified atom stereocenters. The van der Waals surface area contributed by atoms with Crippen molar-refractivity contribution in [3.8, 4) is 0 Å². The molecule has 290 valence electrons. The Kier molecular flexibility index (Phi) is 11.5. The minimum absolute atomic E-state index is 0.0376. The Morgan fingerprint density at radius 3 is 2.05 bits per heavy atom. The zero-order chi connectivity index (χ0) is 41.0. The Morgan fingerprint density at radius 1 is 0.750 bits per heavy atom. The lowest BCUT2D eigenvalue weighted by molar-refractivity contribution is -0.109. The van der Waals surface area contributed by atoms with Crippen LogP contribution in [0, 0.1) is 12.0 Å². The maximum absolute atomic E-state index is 13.4. The topological polar surface area (TPSA) is 329 Å². The smallest absolute Gasteiger partial charge is 0.337 e. The molecule has 5 rings (SSSR count). The summed E-state index contributed by atoms with van der Waals surface area (Å²) in [6.45, 7) is 0. The molecular formula is C30H21F2N9O12S3. The van der Waals surface area contributed by atoms with Gasteiger partial charge in [0.25, 0.3) is 30.4 Å². The van der Waals surface area contributed by atoms with Gasteiger partial charge in [-0.05, 0) is 66.7 Å². The van der Waals surface area contributed by atoms with E-state index < -0.39 is 91.6 Å². The van der Waals surface area contributed by atoms with Gasteiger partial charge in [-0.1, -0.05) is 12.1 Å². The van der Waals surface area contributed by atoms with Crippen LogP contribution in [0.25, 0.3) is 0 Å². The number of benzene rings is 3. The van der Waals surface area contributed by atoms with Crippen LogP contribution in [0.2, 0.25) is 0 Å². The third kappa shape index (κ3) is 10.3. The minimum Gasteiger partial charge on any atom is -0.478 e. The lowest BCUT2D eigenvalue weighted by Gasteiger charge is -2.12. The maximum Gasteiger partial charge on any atom is 0.337 e. The number of carbonyl (C=O) groups excluding carboxylic acids is 1. The number of nitrogens with one attached hydrogen (secondary N) is 3. The summed E-state index contributed by atoms with van der Waals surface area (Å²) < 4.78 is 126. The number of halogens is 2. The Labute approximate surface area is 313 Å². The summed E-state index contributed by atoms with van der Waals surface area (Å²) in [7, 11) is -15.4. The molecule has 7 N–H and O–H groups in total. The number of aromatic nitrogens is 2. The molecule has 0 radical (unpaired) electrons. The van der Waals surface area contributed by atoms with E-state index in [0.29, 0.717) is 23.5 Å². The monoisotopic (exact) mass is 833 g/mol. The largest absolute Gasteiger partial charge is 0.478 e. The molecule has 1 heterocycles. The summed E-state index contributed by atoms with van der Waals surface area (Å²) in [5, 5.41) is 27.2. The maximum atomic E-state index is 13.4. The fourth-order valence-corrected chi connectivity index (χ4v) is 6.09. The molecule has 21 nitrogen and oxygen atoms in total. The highest BCUT2D eigenvalue weighted by atomic mass is 32.2. The van der Waals surface area contributed by atoms with E-state index in [1.807, 2.05) is 0 Å². The van der Waals surface area contributed by atoms with Crippen LogP contribution in [0.15, 0.2) is 120 Å². The van der Waals surface area contributed by atoms with Crippen LogP contribution in [0.5, 0.6) is 0 Å². The number of hydrazine groups is 1. The van der Waals surface area contributed by atoms with Gasteiger partial charge >= 0.3 is 12.0 Å². The van der Waals surface area contributed by atoms with Gasteiger partial charge in [-0.25, -0.2) is 4.79 Å². The van der Waals surface area contributed by atoms with Gasteiger partial charge in [0.05, 0.1) is 26.7 Å². The molecule has 0 bridgehead atoms. The number of carboxylic acids is 1. The summed E-state index contributed by atoms with van der Waals surface area (Å²) in [5.74, 6) is -5.00. The number of hydrogen-bond donors (Lipinski definition) is 7. The third-order valence-electron chi connectivity index (χ3n) is 6.88. The first kappa shape index (κ1) is 40.5. The molecule has 0 amide bonds. The minimum atomic E-state index is -5.37. The van der Waals surface area contributed by atoms with Gasteiger partial charge in [-0.2, -0.15) is 44.0 Å². The predicted octanol–water partition coefficient (Wildman–Crippen LogP) is 3.89. The molecule has 3 aromatic carbocycles.